The third-order valence-electron chi connectivity index (χ3n) is 3.54. The van der Waals surface area contributed by atoms with Gasteiger partial charge in [0.25, 0.3) is 0 Å². The van der Waals surface area contributed by atoms with Gasteiger partial charge in [-0.15, -0.1) is 0 Å². The normalized spacial score (nSPS) is 20.9. The van der Waals surface area contributed by atoms with Crippen LogP contribution in [0.15, 0.2) is 24.5 Å². The Balaban J connectivity index is 2.04. The number of nitrogens with zero attached hydrogens (tertiary/aromatic N) is 2. The molecule has 0 spiro atoms. The molecule has 0 bridgehead atoms. The molecule has 0 aliphatic heterocycles. The van der Waals surface area contributed by atoms with Crippen molar-refractivity contribution in [3.8, 4) is 0 Å². The molecule has 0 radical (unpaired) electrons. The standard InChI is InChI=1S/C12H12ClF2N3/c13-8-1-2-10-17-9(4-18(10)3-8)11(7-16)5-12(14,15)6-11/h1-4H,5-7,16H2. The summed E-state index contributed by atoms with van der Waals surface area (Å²) in [5.74, 6) is -2.62. The van der Waals surface area contributed by atoms with Gasteiger partial charge >= 0.3 is 0 Å². The fourth-order valence-electron chi connectivity index (χ4n) is 2.59. The highest BCUT2D eigenvalue weighted by molar-refractivity contribution is 6.30. The van der Waals surface area contributed by atoms with Gasteiger partial charge in [0.15, 0.2) is 0 Å². The van der Waals surface area contributed by atoms with E-state index in [-0.39, 0.29) is 19.4 Å². The molecule has 0 unspecified atom stereocenters. The Morgan fingerprint density at radius 3 is 2.67 bits per heavy atom. The Kier molecular flexibility index (Phi) is 2.40. The summed E-state index contributed by atoms with van der Waals surface area (Å²) in [6.07, 6.45) is 2.99. The molecule has 6 heteroatoms. The number of alkyl halides is 2. The Morgan fingerprint density at radius 2 is 2.06 bits per heavy atom. The summed E-state index contributed by atoms with van der Waals surface area (Å²) in [6, 6.07) is 3.48. The van der Waals surface area contributed by atoms with Gasteiger partial charge in [0, 0.05) is 37.2 Å². The quantitative estimate of drug-likeness (QED) is 0.912. The lowest BCUT2D eigenvalue weighted by Crippen LogP contribution is -2.53. The van der Waals surface area contributed by atoms with Gasteiger partial charge < -0.3 is 10.1 Å². The first kappa shape index (κ1) is 11.9. The summed E-state index contributed by atoms with van der Waals surface area (Å²) in [5, 5.41) is 0.576. The molecule has 0 atom stereocenters. The summed E-state index contributed by atoms with van der Waals surface area (Å²) < 4.78 is 28.0. The van der Waals surface area contributed by atoms with Crippen molar-refractivity contribution in [1.29, 1.82) is 0 Å². The maximum absolute atomic E-state index is 13.1. The summed E-state index contributed by atoms with van der Waals surface area (Å²) >= 11 is 5.88. The van der Waals surface area contributed by atoms with Crippen LogP contribution in [0.25, 0.3) is 5.65 Å². The number of hydrogen-bond acceptors (Lipinski definition) is 2. The first-order valence-corrected chi connectivity index (χ1v) is 6.05. The van der Waals surface area contributed by atoms with E-state index in [1.165, 1.54) is 0 Å². The van der Waals surface area contributed by atoms with Crippen LogP contribution >= 0.6 is 11.6 Å². The van der Waals surface area contributed by atoms with Crippen LogP contribution in [0.5, 0.6) is 0 Å². The second-order valence-corrected chi connectivity index (χ2v) is 5.37. The molecule has 1 aliphatic rings. The van der Waals surface area contributed by atoms with Crippen molar-refractivity contribution >= 4 is 17.2 Å². The minimum Gasteiger partial charge on any atom is -0.330 e. The predicted octanol–water partition coefficient (Wildman–Crippen LogP) is 2.61. The van der Waals surface area contributed by atoms with Gasteiger partial charge in [0.1, 0.15) is 5.65 Å². The van der Waals surface area contributed by atoms with Crippen molar-refractivity contribution < 1.29 is 8.78 Å². The second-order valence-electron chi connectivity index (χ2n) is 4.93. The molecule has 0 saturated heterocycles. The summed E-state index contributed by atoms with van der Waals surface area (Å²) in [6.45, 7) is 0.181. The maximum atomic E-state index is 13.1. The monoisotopic (exact) mass is 271 g/mol. The minimum absolute atomic E-state index is 0.181. The molecule has 0 amide bonds. The smallest absolute Gasteiger partial charge is 0.250 e. The molecule has 3 rings (SSSR count). The van der Waals surface area contributed by atoms with E-state index in [0.717, 1.165) is 0 Å². The predicted molar refractivity (Wildman–Crippen MR) is 65.1 cm³/mol. The van der Waals surface area contributed by atoms with Crippen molar-refractivity contribution in [2.75, 3.05) is 6.54 Å². The number of aromatic nitrogens is 2. The highest BCUT2D eigenvalue weighted by Crippen LogP contribution is 2.52. The van der Waals surface area contributed by atoms with Crippen LogP contribution < -0.4 is 5.73 Å². The third-order valence-corrected chi connectivity index (χ3v) is 3.77. The van der Waals surface area contributed by atoms with Gasteiger partial charge in [-0.05, 0) is 12.1 Å². The Bertz CT molecular complexity index is 600. The highest BCUT2D eigenvalue weighted by Gasteiger charge is 2.57. The van der Waals surface area contributed by atoms with Crippen molar-refractivity contribution in [3.05, 3.63) is 35.2 Å². The Labute approximate surface area is 108 Å². The van der Waals surface area contributed by atoms with Crippen molar-refractivity contribution in [2.24, 2.45) is 5.73 Å². The van der Waals surface area contributed by atoms with Crippen molar-refractivity contribution in [3.63, 3.8) is 0 Å². The molecular weight excluding hydrogens is 260 g/mol. The summed E-state index contributed by atoms with van der Waals surface area (Å²) in [4.78, 5) is 4.38. The van der Waals surface area contributed by atoms with Gasteiger partial charge in [-0.2, -0.15) is 0 Å². The van der Waals surface area contributed by atoms with Crippen LogP contribution in [0.1, 0.15) is 18.5 Å². The largest absolute Gasteiger partial charge is 0.330 e. The fourth-order valence-corrected chi connectivity index (χ4v) is 2.76. The first-order valence-electron chi connectivity index (χ1n) is 5.67. The van der Waals surface area contributed by atoms with Gasteiger partial charge in [-0.25, -0.2) is 13.8 Å². The van der Waals surface area contributed by atoms with Gasteiger partial charge in [0.05, 0.1) is 10.7 Å². The van der Waals surface area contributed by atoms with Gasteiger partial charge in [-0.3, -0.25) is 0 Å². The maximum Gasteiger partial charge on any atom is 0.250 e. The number of nitrogens with two attached hydrogens (primary N) is 1. The lowest BCUT2D eigenvalue weighted by Gasteiger charge is -2.45. The molecule has 96 valence electrons. The Morgan fingerprint density at radius 1 is 1.33 bits per heavy atom. The number of hydrogen-bond donors (Lipinski definition) is 1. The van der Waals surface area contributed by atoms with Crippen molar-refractivity contribution in [2.45, 2.75) is 24.2 Å². The molecule has 18 heavy (non-hydrogen) atoms. The van der Waals surface area contributed by atoms with Crippen LogP contribution in [0.2, 0.25) is 5.02 Å². The number of rotatable bonds is 2. The van der Waals surface area contributed by atoms with E-state index in [0.29, 0.717) is 16.4 Å². The van der Waals surface area contributed by atoms with E-state index in [1.54, 1.807) is 28.9 Å². The molecule has 1 saturated carbocycles. The summed E-state index contributed by atoms with van der Waals surface area (Å²) in [5.41, 5.74) is 6.29. The molecule has 2 aromatic rings. The van der Waals surface area contributed by atoms with Crippen molar-refractivity contribution in [1.82, 2.24) is 9.38 Å². The molecule has 1 aliphatic carbocycles. The minimum atomic E-state index is -2.62. The van der Waals surface area contributed by atoms with Crippen LogP contribution in [-0.4, -0.2) is 21.9 Å². The Hall–Kier alpha value is -1.20. The number of imidazole rings is 1. The molecule has 0 aromatic carbocycles. The van der Waals surface area contributed by atoms with Crippen LogP contribution in [-0.2, 0) is 5.41 Å². The lowest BCUT2D eigenvalue weighted by atomic mass is 9.64. The van der Waals surface area contributed by atoms with E-state index in [2.05, 4.69) is 4.98 Å². The number of fused-ring (bicyclic) bond motifs is 1. The second kappa shape index (κ2) is 3.65. The molecule has 2 N–H and O–H groups in total. The zero-order chi connectivity index (χ0) is 13.0. The average molecular weight is 272 g/mol. The van der Waals surface area contributed by atoms with E-state index >= 15 is 0 Å². The van der Waals surface area contributed by atoms with Crippen LogP contribution in [0.3, 0.4) is 0 Å². The van der Waals surface area contributed by atoms with Gasteiger partial charge in [0.2, 0.25) is 5.92 Å². The molecule has 2 aromatic heterocycles. The first-order chi connectivity index (χ1) is 8.44. The van der Waals surface area contributed by atoms with E-state index in [4.69, 9.17) is 17.3 Å². The van der Waals surface area contributed by atoms with Gasteiger partial charge in [-0.1, -0.05) is 11.6 Å². The number of pyridine rings is 1. The zero-order valence-corrected chi connectivity index (χ0v) is 10.3. The summed E-state index contributed by atoms with van der Waals surface area (Å²) in [7, 11) is 0. The molecule has 3 nitrogen and oxygen atoms in total. The molecular formula is C12H12ClF2N3. The average Bonchev–Trinajstić information content (AvgIpc) is 2.68. The molecule has 1 fully saturated rings. The van der Waals surface area contributed by atoms with Crippen LogP contribution in [0, 0.1) is 0 Å². The van der Waals surface area contributed by atoms with E-state index < -0.39 is 11.3 Å². The third kappa shape index (κ3) is 1.69. The topological polar surface area (TPSA) is 43.3 Å². The van der Waals surface area contributed by atoms with E-state index in [9.17, 15) is 8.78 Å². The fraction of sp³-hybridized carbons (Fsp3) is 0.417. The molecule has 2 heterocycles. The highest BCUT2D eigenvalue weighted by atomic mass is 35.5. The zero-order valence-electron chi connectivity index (χ0n) is 9.54. The SMILES string of the molecule is NCC1(c2cn3cc(Cl)ccc3n2)CC(F)(F)C1. The van der Waals surface area contributed by atoms with E-state index in [1.807, 2.05) is 0 Å². The van der Waals surface area contributed by atoms with Crippen LogP contribution in [0.4, 0.5) is 8.78 Å². The lowest BCUT2D eigenvalue weighted by molar-refractivity contribution is -0.124. The number of halogens is 3.